The monoisotopic (exact) mass is 179 g/mol. The van der Waals surface area contributed by atoms with Crippen LogP contribution in [-0.2, 0) is 19.6 Å². The molecule has 1 aromatic carbocycles. The van der Waals surface area contributed by atoms with Crippen LogP contribution in [-0.4, -0.2) is 5.11 Å². The van der Waals surface area contributed by atoms with Crippen LogP contribution in [0.5, 0.6) is 0 Å². The fourth-order valence-corrected chi connectivity index (χ4v) is 1.46. The minimum Gasteiger partial charge on any atom is -0.392 e. The van der Waals surface area contributed by atoms with Crippen molar-refractivity contribution in [3.8, 4) is 0 Å². The van der Waals surface area contributed by atoms with Crippen LogP contribution in [0.15, 0.2) is 18.2 Å². The third-order valence-corrected chi connectivity index (χ3v) is 2.20. The number of hydrogen-bond donors (Lipinski definition) is 2. The van der Waals surface area contributed by atoms with E-state index in [1.807, 2.05) is 12.1 Å². The second-order valence-electron chi connectivity index (χ2n) is 3.22. The van der Waals surface area contributed by atoms with Gasteiger partial charge < -0.3 is 10.8 Å². The van der Waals surface area contributed by atoms with Gasteiger partial charge in [0.15, 0.2) is 0 Å². The molecule has 3 N–H and O–H groups in total. The Balaban J connectivity index is 2.95. The first-order valence-corrected chi connectivity index (χ1v) is 4.73. The Labute approximate surface area is 79.4 Å². The van der Waals surface area contributed by atoms with E-state index in [1.165, 1.54) is 5.56 Å². The minimum atomic E-state index is 0.125. The molecule has 1 rings (SSSR count). The molecular weight excluding hydrogens is 162 g/mol. The standard InChI is InChI=1S/C11H17NO/c1-2-3-10-6-9(7-12)4-5-11(10)8-13/h4-6,13H,2-3,7-8,12H2,1H3. The average Bonchev–Trinajstić information content (AvgIpc) is 2.18. The summed E-state index contributed by atoms with van der Waals surface area (Å²) < 4.78 is 0. The van der Waals surface area contributed by atoms with Gasteiger partial charge in [-0.25, -0.2) is 0 Å². The van der Waals surface area contributed by atoms with Gasteiger partial charge in [0.25, 0.3) is 0 Å². The number of aryl methyl sites for hydroxylation is 1. The molecule has 0 heterocycles. The molecule has 1 aromatic rings. The Kier molecular flexibility index (Phi) is 3.93. The van der Waals surface area contributed by atoms with E-state index in [4.69, 9.17) is 10.8 Å². The smallest absolute Gasteiger partial charge is 0.0684 e. The number of aliphatic hydroxyl groups excluding tert-OH is 1. The van der Waals surface area contributed by atoms with E-state index in [0.717, 1.165) is 24.0 Å². The van der Waals surface area contributed by atoms with Gasteiger partial charge in [-0.3, -0.25) is 0 Å². The molecule has 0 aromatic heterocycles. The molecule has 2 nitrogen and oxygen atoms in total. The fraction of sp³-hybridized carbons (Fsp3) is 0.455. The van der Waals surface area contributed by atoms with Gasteiger partial charge in [-0.15, -0.1) is 0 Å². The highest BCUT2D eigenvalue weighted by Crippen LogP contribution is 2.13. The maximum absolute atomic E-state index is 9.08. The molecule has 0 fully saturated rings. The molecule has 0 atom stereocenters. The van der Waals surface area contributed by atoms with Crippen molar-refractivity contribution in [2.45, 2.75) is 32.9 Å². The molecule has 2 heteroatoms. The van der Waals surface area contributed by atoms with Crippen molar-refractivity contribution in [1.82, 2.24) is 0 Å². The third kappa shape index (κ3) is 2.54. The molecule has 0 saturated carbocycles. The van der Waals surface area contributed by atoms with Gasteiger partial charge in [-0.1, -0.05) is 31.5 Å². The van der Waals surface area contributed by atoms with E-state index in [1.54, 1.807) is 0 Å². The lowest BCUT2D eigenvalue weighted by Crippen LogP contribution is -2.00. The molecule has 0 aliphatic rings. The molecule has 0 saturated heterocycles. The summed E-state index contributed by atoms with van der Waals surface area (Å²) in [7, 11) is 0. The number of benzene rings is 1. The first-order valence-electron chi connectivity index (χ1n) is 4.73. The van der Waals surface area contributed by atoms with Gasteiger partial charge in [0, 0.05) is 6.54 Å². The Morgan fingerprint density at radius 3 is 2.62 bits per heavy atom. The van der Waals surface area contributed by atoms with Gasteiger partial charge in [-0.2, -0.15) is 0 Å². The van der Waals surface area contributed by atoms with Crippen LogP contribution in [0.25, 0.3) is 0 Å². The number of rotatable bonds is 4. The zero-order valence-corrected chi connectivity index (χ0v) is 8.09. The molecule has 0 bridgehead atoms. The number of aliphatic hydroxyl groups is 1. The quantitative estimate of drug-likeness (QED) is 0.737. The van der Waals surface area contributed by atoms with Crippen LogP contribution < -0.4 is 5.73 Å². The van der Waals surface area contributed by atoms with Gasteiger partial charge in [0.1, 0.15) is 0 Å². The molecule has 0 unspecified atom stereocenters. The molecule has 0 spiro atoms. The summed E-state index contributed by atoms with van der Waals surface area (Å²) in [4.78, 5) is 0. The summed E-state index contributed by atoms with van der Waals surface area (Å²) in [6, 6.07) is 6.03. The number of hydrogen-bond acceptors (Lipinski definition) is 2. The topological polar surface area (TPSA) is 46.2 Å². The first-order chi connectivity index (χ1) is 6.31. The Hall–Kier alpha value is -0.860. The van der Waals surface area contributed by atoms with Crippen molar-refractivity contribution in [2.24, 2.45) is 5.73 Å². The molecule has 0 amide bonds. The lowest BCUT2D eigenvalue weighted by atomic mass is 10.0. The second-order valence-corrected chi connectivity index (χ2v) is 3.22. The van der Waals surface area contributed by atoms with E-state index in [2.05, 4.69) is 13.0 Å². The Morgan fingerprint density at radius 2 is 2.08 bits per heavy atom. The normalized spacial score (nSPS) is 10.4. The van der Waals surface area contributed by atoms with Crippen LogP contribution in [0.2, 0.25) is 0 Å². The van der Waals surface area contributed by atoms with Crippen LogP contribution in [0.1, 0.15) is 30.0 Å². The molecule has 0 radical (unpaired) electrons. The molecule has 13 heavy (non-hydrogen) atoms. The van der Waals surface area contributed by atoms with E-state index in [-0.39, 0.29) is 6.61 Å². The average molecular weight is 179 g/mol. The van der Waals surface area contributed by atoms with Gasteiger partial charge in [-0.05, 0) is 23.1 Å². The van der Waals surface area contributed by atoms with E-state index in [0.29, 0.717) is 6.54 Å². The maximum Gasteiger partial charge on any atom is 0.0684 e. The summed E-state index contributed by atoms with van der Waals surface area (Å²) in [6.07, 6.45) is 2.12. The predicted octanol–water partition coefficient (Wildman–Crippen LogP) is 1.59. The largest absolute Gasteiger partial charge is 0.392 e. The van der Waals surface area contributed by atoms with Crippen molar-refractivity contribution in [3.63, 3.8) is 0 Å². The molecule has 0 aliphatic carbocycles. The Bertz CT molecular complexity index is 271. The van der Waals surface area contributed by atoms with Crippen LogP contribution in [0.4, 0.5) is 0 Å². The molecule has 72 valence electrons. The predicted molar refractivity (Wildman–Crippen MR) is 54.3 cm³/mol. The van der Waals surface area contributed by atoms with Gasteiger partial charge >= 0.3 is 0 Å². The summed E-state index contributed by atoms with van der Waals surface area (Å²) in [5.41, 5.74) is 8.94. The summed E-state index contributed by atoms with van der Waals surface area (Å²) in [6.45, 7) is 2.83. The van der Waals surface area contributed by atoms with Crippen molar-refractivity contribution in [1.29, 1.82) is 0 Å². The highest BCUT2D eigenvalue weighted by molar-refractivity contribution is 5.31. The van der Waals surface area contributed by atoms with Crippen LogP contribution >= 0.6 is 0 Å². The van der Waals surface area contributed by atoms with Crippen molar-refractivity contribution < 1.29 is 5.11 Å². The summed E-state index contributed by atoms with van der Waals surface area (Å²) >= 11 is 0. The van der Waals surface area contributed by atoms with Crippen LogP contribution in [0, 0.1) is 0 Å². The van der Waals surface area contributed by atoms with Gasteiger partial charge in [0.05, 0.1) is 6.61 Å². The first kappa shape index (κ1) is 10.2. The van der Waals surface area contributed by atoms with Crippen molar-refractivity contribution in [3.05, 3.63) is 34.9 Å². The van der Waals surface area contributed by atoms with E-state index >= 15 is 0 Å². The zero-order valence-electron chi connectivity index (χ0n) is 8.09. The van der Waals surface area contributed by atoms with E-state index < -0.39 is 0 Å². The third-order valence-electron chi connectivity index (χ3n) is 2.20. The highest BCUT2D eigenvalue weighted by Gasteiger charge is 2.01. The molecular formula is C11H17NO. The zero-order chi connectivity index (χ0) is 9.68. The molecule has 0 aliphatic heterocycles. The SMILES string of the molecule is CCCc1cc(CN)ccc1CO. The minimum absolute atomic E-state index is 0.125. The summed E-state index contributed by atoms with van der Waals surface area (Å²) in [5.74, 6) is 0. The lowest BCUT2D eigenvalue weighted by Gasteiger charge is -2.07. The van der Waals surface area contributed by atoms with Crippen molar-refractivity contribution >= 4 is 0 Å². The Morgan fingerprint density at radius 1 is 1.31 bits per heavy atom. The van der Waals surface area contributed by atoms with E-state index in [9.17, 15) is 0 Å². The van der Waals surface area contributed by atoms with Gasteiger partial charge in [0.2, 0.25) is 0 Å². The van der Waals surface area contributed by atoms with Crippen LogP contribution in [0.3, 0.4) is 0 Å². The lowest BCUT2D eigenvalue weighted by molar-refractivity contribution is 0.280. The van der Waals surface area contributed by atoms with Crippen molar-refractivity contribution in [2.75, 3.05) is 0 Å². The summed E-state index contributed by atoms with van der Waals surface area (Å²) in [5, 5.41) is 9.08. The fourth-order valence-electron chi connectivity index (χ4n) is 1.46. The second kappa shape index (κ2) is 5.00. The number of nitrogens with two attached hydrogens (primary N) is 1. The highest BCUT2D eigenvalue weighted by atomic mass is 16.3. The maximum atomic E-state index is 9.08.